The van der Waals surface area contributed by atoms with Gasteiger partial charge in [0.25, 0.3) is 0 Å². The molecule has 3 rings (SSSR count). The second-order valence-corrected chi connectivity index (χ2v) is 5.66. The van der Waals surface area contributed by atoms with Crippen LogP contribution in [0.2, 0.25) is 0 Å². The van der Waals surface area contributed by atoms with E-state index in [0.29, 0.717) is 30.2 Å². The van der Waals surface area contributed by atoms with Crippen molar-refractivity contribution in [3.8, 4) is 11.5 Å². The van der Waals surface area contributed by atoms with Crippen molar-refractivity contribution in [3.63, 3.8) is 0 Å². The number of fused-ring (bicyclic) bond motifs is 1. The Morgan fingerprint density at radius 2 is 2.04 bits per heavy atom. The molecule has 1 aliphatic heterocycles. The van der Waals surface area contributed by atoms with Gasteiger partial charge in [-0.1, -0.05) is 12.1 Å². The molecule has 0 saturated carbocycles. The maximum absolute atomic E-state index is 12.8. The molecule has 0 saturated heterocycles. The fourth-order valence-electron chi connectivity index (χ4n) is 2.75. The molecule has 2 aromatic carbocycles. The van der Waals surface area contributed by atoms with E-state index in [-0.39, 0.29) is 18.1 Å². The van der Waals surface area contributed by atoms with Crippen molar-refractivity contribution in [3.05, 3.63) is 53.6 Å². The first-order valence-corrected chi connectivity index (χ1v) is 7.79. The fourth-order valence-corrected chi connectivity index (χ4v) is 2.75. The lowest BCUT2D eigenvalue weighted by atomic mass is 10.1. The third-order valence-electron chi connectivity index (χ3n) is 4.02. The highest BCUT2D eigenvalue weighted by Crippen LogP contribution is 2.33. The molecule has 0 fully saturated rings. The molecule has 1 amide bonds. The van der Waals surface area contributed by atoms with Crippen LogP contribution < -0.4 is 14.4 Å². The maximum atomic E-state index is 12.8. The van der Waals surface area contributed by atoms with Crippen molar-refractivity contribution >= 4 is 17.4 Å². The number of carbonyl (C=O) groups is 2. The molecular weight excluding hydrogens is 306 g/mol. The van der Waals surface area contributed by atoms with Crippen molar-refractivity contribution in [2.24, 2.45) is 0 Å². The highest BCUT2D eigenvalue weighted by Gasteiger charge is 2.24. The molecule has 0 bridgehead atoms. The molecule has 0 spiro atoms. The van der Waals surface area contributed by atoms with Crippen LogP contribution in [0.1, 0.15) is 22.8 Å². The van der Waals surface area contributed by atoms with Gasteiger partial charge in [-0.05, 0) is 42.8 Å². The molecule has 24 heavy (non-hydrogen) atoms. The van der Waals surface area contributed by atoms with Crippen molar-refractivity contribution in [2.45, 2.75) is 13.3 Å². The van der Waals surface area contributed by atoms with E-state index in [2.05, 4.69) is 0 Å². The zero-order chi connectivity index (χ0) is 17.1. The van der Waals surface area contributed by atoms with Crippen LogP contribution in [0.3, 0.4) is 0 Å². The van der Waals surface area contributed by atoms with Gasteiger partial charge >= 0.3 is 0 Å². The normalized spacial score (nSPS) is 13.0. The van der Waals surface area contributed by atoms with Crippen molar-refractivity contribution in [1.29, 1.82) is 0 Å². The predicted molar refractivity (Wildman–Crippen MR) is 91.0 cm³/mol. The quantitative estimate of drug-likeness (QED) is 0.811. The van der Waals surface area contributed by atoms with Gasteiger partial charge in [0.05, 0.1) is 25.8 Å². The van der Waals surface area contributed by atoms with Crippen LogP contribution in [0.25, 0.3) is 0 Å². The Morgan fingerprint density at radius 1 is 1.21 bits per heavy atom. The molecule has 2 aromatic rings. The van der Waals surface area contributed by atoms with E-state index >= 15 is 0 Å². The Labute approximate surface area is 140 Å². The van der Waals surface area contributed by atoms with Gasteiger partial charge in [0, 0.05) is 5.56 Å². The Kier molecular flexibility index (Phi) is 4.51. The van der Waals surface area contributed by atoms with E-state index in [4.69, 9.17) is 9.47 Å². The average molecular weight is 325 g/mol. The molecule has 5 heteroatoms. The number of rotatable bonds is 4. The number of hydrogen-bond donors (Lipinski definition) is 0. The molecule has 0 unspecified atom stereocenters. The zero-order valence-electron chi connectivity index (χ0n) is 13.7. The van der Waals surface area contributed by atoms with E-state index in [1.165, 1.54) is 6.92 Å². The number of nitrogens with zero attached hydrogens (tertiary/aromatic N) is 1. The number of benzene rings is 2. The molecule has 0 N–H and O–H groups in total. The van der Waals surface area contributed by atoms with Gasteiger partial charge in [0.15, 0.2) is 5.78 Å². The zero-order valence-corrected chi connectivity index (χ0v) is 13.7. The largest absolute Gasteiger partial charge is 0.497 e. The predicted octanol–water partition coefficient (Wildman–Crippen LogP) is 2.87. The van der Waals surface area contributed by atoms with Crippen LogP contribution in [0.5, 0.6) is 11.5 Å². The first kappa shape index (κ1) is 16.1. The highest BCUT2D eigenvalue weighted by molar-refractivity contribution is 6.00. The van der Waals surface area contributed by atoms with Crippen LogP contribution in [-0.2, 0) is 11.2 Å². The maximum Gasteiger partial charge on any atom is 0.231 e. The standard InChI is InChI=1S/C19H19NO4/c1-13(21)15-6-7-18-17(12-15)20(8-9-24-18)19(22)11-14-4-3-5-16(10-14)23-2/h3-7,10,12H,8-9,11H2,1-2H3. The van der Waals surface area contributed by atoms with Gasteiger partial charge in [0.1, 0.15) is 18.1 Å². The van der Waals surface area contributed by atoms with Crippen molar-refractivity contribution < 1.29 is 19.1 Å². The van der Waals surface area contributed by atoms with Gasteiger partial charge in [-0.3, -0.25) is 9.59 Å². The Hall–Kier alpha value is -2.82. The van der Waals surface area contributed by atoms with Crippen LogP contribution >= 0.6 is 0 Å². The van der Waals surface area contributed by atoms with Crippen LogP contribution in [0.15, 0.2) is 42.5 Å². The monoisotopic (exact) mass is 325 g/mol. The number of amides is 1. The van der Waals surface area contributed by atoms with Crippen LogP contribution in [0, 0.1) is 0 Å². The minimum atomic E-state index is -0.0384. The summed E-state index contributed by atoms with van der Waals surface area (Å²) < 4.78 is 10.8. The number of hydrogen-bond acceptors (Lipinski definition) is 4. The molecule has 124 valence electrons. The first-order valence-electron chi connectivity index (χ1n) is 7.79. The van der Waals surface area contributed by atoms with Crippen molar-refractivity contribution in [1.82, 2.24) is 0 Å². The number of ketones is 1. The lowest BCUT2D eigenvalue weighted by Crippen LogP contribution is -2.39. The SMILES string of the molecule is COc1cccc(CC(=O)N2CCOc3ccc(C(C)=O)cc32)c1. The van der Waals surface area contributed by atoms with Crippen LogP contribution in [-0.4, -0.2) is 32.0 Å². The summed E-state index contributed by atoms with van der Waals surface area (Å²) in [5.41, 5.74) is 2.11. The molecule has 1 aliphatic rings. The summed E-state index contributed by atoms with van der Waals surface area (Å²) in [6, 6.07) is 12.6. The Morgan fingerprint density at radius 3 is 2.79 bits per heavy atom. The fraction of sp³-hybridized carbons (Fsp3) is 0.263. The van der Waals surface area contributed by atoms with Crippen LogP contribution in [0.4, 0.5) is 5.69 Å². The molecule has 0 aromatic heterocycles. The van der Waals surface area contributed by atoms with E-state index in [9.17, 15) is 9.59 Å². The molecule has 5 nitrogen and oxygen atoms in total. The number of carbonyl (C=O) groups excluding carboxylic acids is 2. The summed E-state index contributed by atoms with van der Waals surface area (Å²) in [6.07, 6.45) is 0.265. The van der Waals surface area contributed by atoms with Crippen molar-refractivity contribution in [2.75, 3.05) is 25.2 Å². The number of methoxy groups -OCH3 is 1. The van der Waals surface area contributed by atoms with E-state index in [0.717, 1.165) is 11.3 Å². The van der Waals surface area contributed by atoms with E-state index < -0.39 is 0 Å². The molecule has 0 radical (unpaired) electrons. The molecular formula is C19H19NO4. The Bertz CT molecular complexity index is 785. The minimum Gasteiger partial charge on any atom is -0.497 e. The number of anilines is 1. The summed E-state index contributed by atoms with van der Waals surface area (Å²) in [5, 5.41) is 0. The molecule has 0 atom stereocenters. The third kappa shape index (κ3) is 3.25. The molecule has 0 aliphatic carbocycles. The van der Waals surface area contributed by atoms with Gasteiger partial charge in [0.2, 0.25) is 5.91 Å². The van der Waals surface area contributed by atoms with Gasteiger partial charge < -0.3 is 14.4 Å². The van der Waals surface area contributed by atoms with Gasteiger partial charge in [-0.25, -0.2) is 0 Å². The second kappa shape index (κ2) is 6.74. The third-order valence-corrected chi connectivity index (χ3v) is 4.02. The lowest BCUT2D eigenvalue weighted by molar-refractivity contribution is -0.118. The number of Topliss-reactive ketones (excluding diaryl/α,β-unsaturated/α-hetero) is 1. The Balaban J connectivity index is 1.86. The average Bonchev–Trinajstić information content (AvgIpc) is 2.60. The van der Waals surface area contributed by atoms with Gasteiger partial charge in [-0.15, -0.1) is 0 Å². The topological polar surface area (TPSA) is 55.8 Å². The summed E-state index contributed by atoms with van der Waals surface area (Å²) in [4.78, 5) is 26.1. The molecule has 1 heterocycles. The second-order valence-electron chi connectivity index (χ2n) is 5.66. The summed E-state index contributed by atoms with van der Waals surface area (Å²) in [6.45, 7) is 2.42. The lowest BCUT2D eigenvalue weighted by Gasteiger charge is -2.30. The summed E-state index contributed by atoms with van der Waals surface area (Å²) >= 11 is 0. The highest BCUT2D eigenvalue weighted by atomic mass is 16.5. The smallest absolute Gasteiger partial charge is 0.231 e. The van der Waals surface area contributed by atoms with E-state index in [1.54, 1.807) is 30.2 Å². The summed E-state index contributed by atoms with van der Waals surface area (Å²) in [7, 11) is 1.60. The summed E-state index contributed by atoms with van der Waals surface area (Å²) in [5.74, 6) is 1.28. The van der Waals surface area contributed by atoms with Gasteiger partial charge in [-0.2, -0.15) is 0 Å². The van der Waals surface area contributed by atoms with E-state index in [1.807, 2.05) is 24.3 Å². The minimum absolute atomic E-state index is 0.0338. The number of ether oxygens (including phenoxy) is 2. The first-order chi connectivity index (χ1) is 11.6.